The summed E-state index contributed by atoms with van der Waals surface area (Å²) in [6, 6.07) is 11.1. The summed E-state index contributed by atoms with van der Waals surface area (Å²) in [6.07, 6.45) is 5.55. The van der Waals surface area contributed by atoms with E-state index in [1.165, 1.54) is 0 Å². The van der Waals surface area contributed by atoms with E-state index in [0.29, 0.717) is 18.9 Å². The molecule has 0 unspecified atom stereocenters. The van der Waals surface area contributed by atoms with E-state index >= 15 is 0 Å². The predicted octanol–water partition coefficient (Wildman–Crippen LogP) is 2.37. The lowest BCUT2D eigenvalue weighted by molar-refractivity contribution is 0.218. The highest BCUT2D eigenvalue weighted by Gasteiger charge is 2.02. The molecule has 0 aliphatic rings. The van der Waals surface area contributed by atoms with Crippen LogP contribution in [0.25, 0.3) is 5.65 Å². The van der Waals surface area contributed by atoms with Gasteiger partial charge in [0.25, 0.3) is 0 Å². The minimum atomic E-state index is 0.446. The SMILES string of the molecule is Nc1cccc(OCCOc2cccn3ccnc23)c1. The Hall–Kier alpha value is -2.69. The average molecular weight is 269 g/mol. The summed E-state index contributed by atoms with van der Waals surface area (Å²) < 4.78 is 13.2. The van der Waals surface area contributed by atoms with Gasteiger partial charge in [0, 0.05) is 30.3 Å². The van der Waals surface area contributed by atoms with E-state index in [1.807, 2.05) is 47.1 Å². The molecule has 5 heteroatoms. The normalized spacial score (nSPS) is 10.6. The Labute approximate surface area is 116 Å². The van der Waals surface area contributed by atoms with Gasteiger partial charge in [0.05, 0.1) is 0 Å². The Balaban J connectivity index is 1.56. The smallest absolute Gasteiger partial charge is 0.179 e. The summed E-state index contributed by atoms with van der Waals surface area (Å²) in [7, 11) is 0. The second kappa shape index (κ2) is 5.52. The van der Waals surface area contributed by atoms with Gasteiger partial charge in [0.2, 0.25) is 0 Å². The molecule has 0 saturated carbocycles. The van der Waals surface area contributed by atoms with Crippen LogP contribution in [0.4, 0.5) is 5.69 Å². The molecule has 5 nitrogen and oxygen atoms in total. The van der Waals surface area contributed by atoms with Crippen molar-refractivity contribution in [2.45, 2.75) is 0 Å². The highest BCUT2D eigenvalue weighted by atomic mass is 16.5. The van der Waals surface area contributed by atoms with Crippen molar-refractivity contribution >= 4 is 11.3 Å². The van der Waals surface area contributed by atoms with E-state index in [0.717, 1.165) is 17.1 Å². The van der Waals surface area contributed by atoms with E-state index in [4.69, 9.17) is 15.2 Å². The zero-order valence-electron chi connectivity index (χ0n) is 10.9. The summed E-state index contributed by atoms with van der Waals surface area (Å²) in [5, 5.41) is 0. The van der Waals surface area contributed by atoms with Crippen molar-refractivity contribution in [3.63, 3.8) is 0 Å². The number of benzene rings is 1. The number of nitrogen functional groups attached to an aromatic ring is 1. The van der Waals surface area contributed by atoms with Crippen molar-refractivity contribution in [2.75, 3.05) is 18.9 Å². The van der Waals surface area contributed by atoms with Crippen LogP contribution in [0.2, 0.25) is 0 Å². The molecule has 20 heavy (non-hydrogen) atoms. The fourth-order valence-electron chi connectivity index (χ4n) is 1.95. The van der Waals surface area contributed by atoms with Crippen LogP contribution in [0, 0.1) is 0 Å². The van der Waals surface area contributed by atoms with Crippen LogP contribution in [-0.4, -0.2) is 22.6 Å². The molecule has 0 aliphatic carbocycles. The summed E-state index contributed by atoms with van der Waals surface area (Å²) in [5.41, 5.74) is 7.17. The second-order valence-corrected chi connectivity index (χ2v) is 4.30. The zero-order chi connectivity index (χ0) is 13.8. The minimum Gasteiger partial charge on any atom is -0.490 e. The number of nitrogens with zero attached hydrogens (tertiary/aromatic N) is 2. The zero-order valence-corrected chi connectivity index (χ0v) is 10.9. The number of anilines is 1. The largest absolute Gasteiger partial charge is 0.490 e. The molecule has 0 fully saturated rings. The van der Waals surface area contributed by atoms with E-state index in [2.05, 4.69) is 4.98 Å². The van der Waals surface area contributed by atoms with Gasteiger partial charge >= 0.3 is 0 Å². The number of hydrogen-bond donors (Lipinski definition) is 1. The van der Waals surface area contributed by atoms with Crippen LogP contribution >= 0.6 is 0 Å². The third-order valence-electron chi connectivity index (χ3n) is 2.85. The lowest BCUT2D eigenvalue weighted by Crippen LogP contribution is -2.09. The Morgan fingerprint density at radius 3 is 2.85 bits per heavy atom. The van der Waals surface area contributed by atoms with Crippen LogP contribution in [0.3, 0.4) is 0 Å². The molecule has 0 atom stereocenters. The van der Waals surface area contributed by atoms with E-state index < -0.39 is 0 Å². The molecule has 0 radical (unpaired) electrons. The summed E-state index contributed by atoms with van der Waals surface area (Å²) in [4.78, 5) is 4.25. The fourth-order valence-corrected chi connectivity index (χ4v) is 1.95. The molecular formula is C15H15N3O2. The van der Waals surface area contributed by atoms with Gasteiger partial charge < -0.3 is 19.6 Å². The summed E-state index contributed by atoms with van der Waals surface area (Å²) >= 11 is 0. The van der Waals surface area contributed by atoms with Gasteiger partial charge in [0.15, 0.2) is 11.4 Å². The number of aromatic nitrogens is 2. The van der Waals surface area contributed by atoms with Gasteiger partial charge in [-0.05, 0) is 24.3 Å². The molecule has 1 aromatic carbocycles. The molecule has 0 saturated heterocycles. The lowest BCUT2D eigenvalue weighted by Gasteiger charge is -2.09. The quantitative estimate of drug-likeness (QED) is 0.570. The number of fused-ring (bicyclic) bond motifs is 1. The molecule has 0 bridgehead atoms. The molecule has 2 N–H and O–H groups in total. The van der Waals surface area contributed by atoms with Crippen LogP contribution in [0.15, 0.2) is 55.0 Å². The van der Waals surface area contributed by atoms with Crippen LogP contribution in [-0.2, 0) is 0 Å². The van der Waals surface area contributed by atoms with Gasteiger partial charge in [0.1, 0.15) is 19.0 Å². The Kier molecular flexibility index (Phi) is 3.41. The first-order valence-corrected chi connectivity index (χ1v) is 6.36. The van der Waals surface area contributed by atoms with E-state index in [-0.39, 0.29) is 0 Å². The maximum absolute atomic E-state index is 5.69. The maximum atomic E-state index is 5.69. The third kappa shape index (κ3) is 2.66. The predicted molar refractivity (Wildman–Crippen MR) is 77.0 cm³/mol. The number of hydrogen-bond acceptors (Lipinski definition) is 4. The molecule has 3 rings (SSSR count). The molecule has 0 aliphatic heterocycles. The van der Waals surface area contributed by atoms with Crippen molar-refractivity contribution in [3.8, 4) is 11.5 Å². The Bertz CT molecular complexity index is 709. The van der Waals surface area contributed by atoms with Crippen molar-refractivity contribution in [2.24, 2.45) is 0 Å². The number of rotatable bonds is 5. The first-order valence-electron chi connectivity index (χ1n) is 6.36. The third-order valence-corrected chi connectivity index (χ3v) is 2.85. The van der Waals surface area contributed by atoms with Gasteiger partial charge in [-0.15, -0.1) is 0 Å². The summed E-state index contributed by atoms with van der Waals surface area (Å²) in [5.74, 6) is 1.49. The Morgan fingerprint density at radius 2 is 1.95 bits per heavy atom. The minimum absolute atomic E-state index is 0.446. The molecule has 2 heterocycles. The van der Waals surface area contributed by atoms with Crippen molar-refractivity contribution in [1.82, 2.24) is 9.38 Å². The molecule has 0 amide bonds. The highest BCUT2D eigenvalue weighted by molar-refractivity contribution is 5.53. The number of ether oxygens (including phenoxy) is 2. The highest BCUT2D eigenvalue weighted by Crippen LogP contribution is 2.17. The first-order chi connectivity index (χ1) is 9.83. The van der Waals surface area contributed by atoms with E-state index in [1.54, 1.807) is 12.3 Å². The molecule has 0 spiro atoms. The Morgan fingerprint density at radius 1 is 1.05 bits per heavy atom. The van der Waals surface area contributed by atoms with Crippen LogP contribution in [0.5, 0.6) is 11.5 Å². The molecule has 2 aromatic heterocycles. The van der Waals surface area contributed by atoms with E-state index in [9.17, 15) is 0 Å². The van der Waals surface area contributed by atoms with Crippen molar-refractivity contribution < 1.29 is 9.47 Å². The van der Waals surface area contributed by atoms with Crippen molar-refractivity contribution in [1.29, 1.82) is 0 Å². The van der Waals surface area contributed by atoms with Crippen LogP contribution in [0.1, 0.15) is 0 Å². The maximum Gasteiger partial charge on any atom is 0.179 e. The fraction of sp³-hybridized carbons (Fsp3) is 0.133. The topological polar surface area (TPSA) is 61.8 Å². The van der Waals surface area contributed by atoms with Gasteiger partial charge in [-0.2, -0.15) is 0 Å². The van der Waals surface area contributed by atoms with Gasteiger partial charge in [-0.1, -0.05) is 6.07 Å². The number of imidazole rings is 1. The van der Waals surface area contributed by atoms with Gasteiger partial charge in [-0.3, -0.25) is 0 Å². The van der Waals surface area contributed by atoms with Gasteiger partial charge in [-0.25, -0.2) is 4.98 Å². The first kappa shape index (κ1) is 12.3. The van der Waals surface area contributed by atoms with Crippen molar-refractivity contribution in [3.05, 3.63) is 55.0 Å². The monoisotopic (exact) mass is 269 g/mol. The molecule has 102 valence electrons. The molecule has 3 aromatic rings. The standard InChI is InChI=1S/C15H15N3O2/c16-12-3-1-4-13(11-12)19-9-10-20-14-5-2-7-18-8-6-17-15(14)18/h1-8,11H,9-10,16H2. The van der Waals surface area contributed by atoms with Crippen LogP contribution < -0.4 is 15.2 Å². The lowest BCUT2D eigenvalue weighted by atomic mass is 10.3. The summed E-state index contributed by atoms with van der Waals surface area (Å²) in [6.45, 7) is 0.895. The average Bonchev–Trinajstić information content (AvgIpc) is 2.93. The number of nitrogens with two attached hydrogens (primary N) is 1. The number of pyridine rings is 1. The second-order valence-electron chi connectivity index (χ2n) is 4.30. The molecular weight excluding hydrogens is 254 g/mol.